The molecule has 4 atom stereocenters. The summed E-state index contributed by atoms with van der Waals surface area (Å²) in [6.07, 6.45) is -1.15. The van der Waals surface area contributed by atoms with Crippen molar-refractivity contribution in [2.24, 2.45) is 5.92 Å². The number of benzene rings is 1. The zero-order chi connectivity index (χ0) is 27.6. The Kier molecular flexibility index (Phi) is 8.27. The molecule has 3 aromatic rings. The zero-order valence-electron chi connectivity index (χ0n) is 21.7. The number of nitrogens with zero attached hydrogens (tertiary/aromatic N) is 3. The molecule has 2 aromatic heterocycles. The lowest BCUT2D eigenvalue weighted by molar-refractivity contribution is -0.142. The molecular formula is C27H32N4O6S. The number of carboxylic acid groups (broad SMARTS) is 1. The van der Waals surface area contributed by atoms with Gasteiger partial charge in [0.15, 0.2) is 0 Å². The maximum Gasteiger partial charge on any atom is 0.305 e. The standard InChI is InChI=1S/C27H32N4O6S/c1-14(2)24(22-9-15(3)30-37-22)27(36)31-12-19(32)10-21(31)26(35)29-20(11-23(33)34)17-5-7-18(8-6-17)25-16(4)28-13-38-25/h5-9,13-14,19-21,24,32H,10-12H2,1-4H3,(H,29,35)(H,33,34)/t19-,20?,21+,24?/m1/s1. The number of carbonyl (C=O) groups is 3. The van der Waals surface area contributed by atoms with Crippen LogP contribution < -0.4 is 5.32 Å². The Balaban J connectivity index is 1.55. The second-order valence-electron chi connectivity index (χ2n) is 10.0. The van der Waals surface area contributed by atoms with Crippen LogP contribution in [0, 0.1) is 19.8 Å². The number of carboxylic acids is 1. The average molecular weight is 541 g/mol. The maximum atomic E-state index is 13.6. The van der Waals surface area contributed by atoms with E-state index in [2.05, 4.69) is 15.5 Å². The molecular weight excluding hydrogens is 508 g/mol. The monoisotopic (exact) mass is 540 g/mol. The number of aliphatic carboxylic acids is 1. The highest BCUT2D eigenvalue weighted by Gasteiger charge is 2.43. The molecule has 10 nitrogen and oxygen atoms in total. The second-order valence-corrected chi connectivity index (χ2v) is 10.9. The van der Waals surface area contributed by atoms with Gasteiger partial charge in [-0.05, 0) is 30.9 Å². The number of β-amino-alcohol motifs (C(OH)–C–C–N with tert-alkyl or cyclic N) is 1. The predicted molar refractivity (Wildman–Crippen MR) is 140 cm³/mol. The van der Waals surface area contributed by atoms with Crippen LogP contribution in [0.1, 0.15) is 61.4 Å². The molecule has 0 radical (unpaired) electrons. The Morgan fingerprint density at radius 1 is 1.21 bits per heavy atom. The minimum Gasteiger partial charge on any atom is -0.481 e. The van der Waals surface area contributed by atoms with Gasteiger partial charge in [0, 0.05) is 19.0 Å². The van der Waals surface area contributed by atoms with Gasteiger partial charge in [0.25, 0.3) is 0 Å². The van der Waals surface area contributed by atoms with Gasteiger partial charge in [-0.1, -0.05) is 43.3 Å². The summed E-state index contributed by atoms with van der Waals surface area (Å²) in [5.41, 5.74) is 4.89. The first-order valence-corrected chi connectivity index (χ1v) is 13.4. The van der Waals surface area contributed by atoms with Crippen molar-refractivity contribution in [2.75, 3.05) is 6.54 Å². The molecule has 1 aliphatic heterocycles. The highest BCUT2D eigenvalue weighted by Crippen LogP contribution is 2.32. The lowest BCUT2D eigenvalue weighted by atomic mass is 9.91. The van der Waals surface area contributed by atoms with E-state index in [0.717, 1.165) is 16.1 Å². The quantitative estimate of drug-likeness (QED) is 0.374. The summed E-state index contributed by atoms with van der Waals surface area (Å²) >= 11 is 1.52. The summed E-state index contributed by atoms with van der Waals surface area (Å²) in [5.74, 6) is -2.33. The molecule has 38 heavy (non-hydrogen) atoms. The molecule has 3 heterocycles. The van der Waals surface area contributed by atoms with Crippen molar-refractivity contribution in [3.8, 4) is 10.4 Å². The SMILES string of the molecule is Cc1cc(C(C(=O)N2C[C@H](O)C[C@H]2C(=O)NC(CC(=O)O)c2ccc(-c3scnc3C)cc2)C(C)C)on1. The Morgan fingerprint density at radius 2 is 1.92 bits per heavy atom. The van der Waals surface area contributed by atoms with E-state index in [4.69, 9.17) is 4.52 Å². The normalized spacial score (nSPS) is 18.9. The highest BCUT2D eigenvalue weighted by molar-refractivity contribution is 7.13. The number of aliphatic hydroxyl groups is 1. The van der Waals surface area contributed by atoms with Crippen LogP contribution in [0.25, 0.3) is 10.4 Å². The van der Waals surface area contributed by atoms with Gasteiger partial charge in [-0.15, -0.1) is 11.3 Å². The number of aryl methyl sites for hydroxylation is 2. The van der Waals surface area contributed by atoms with Gasteiger partial charge in [0.1, 0.15) is 17.7 Å². The third-order valence-electron chi connectivity index (χ3n) is 6.77. The van der Waals surface area contributed by atoms with Crippen molar-refractivity contribution in [1.29, 1.82) is 0 Å². The molecule has 4 rings (SSSR count). The first kappa shape index (κ1) is 27.5. The number of hydrogen-bond acceptors (Lipinski definition) is 8. The van der Waals surface area contributed by atoms with Gasteiger partial charge < -0.3 is 25.0 Å². The first-order valence-electron chi connectivity index (χ1n) is 12.5. The molecule has 1 fully saturated rings. The number of aromatic nitrogens is 2. The van der Waals surface area contributed by atoms with E-state index in [9.17, 15) is 24.6 Å². The highest BCUT2D eigenvalue weighted by atomic mass is 32.1. The van der Waals surface area contributed by atoms with Crippen LogP contribution in [0.4, 0.5) is 0 Å². The lowest BCUT2D eigenvalue weighted by Gasteiger charge is -2.30. The van der Waals surface area contributed by atoms with E-state index in [1.807, 2.05) is 32.9 Å². The van der Waals surface area contributed by atoms with Crippen LogP contribution in [0.15, 0.2) is 40.4 Å². The number of carbonyl (C=O) groups excluding carboxylic acids is 2. The Morgan fingerprint density at radius 3 is 2.47 bits per heavy atom. The van der Waals surface area contributed by atoms with E-state index in [0.29, 0.717) is 17.0 Å². The fraction of sp³-hybridized carbons (Fsp3) is 0.444. The van der Waals surface area contributed by atoms with E-state index in [1.54, 1.807) is 30.6 Å². The first-order chi connectivity index (χ1) is 18.0. The molecule has 11 heteroatoms. The minimum absolute atomic E-state index is 0.000244. The number of likely N-dealkylation sites (tertiary alicyclic amines) is 1. The van der Waals surface area contributed by atoms with Gasteiger partial charge in [0.2, 0.25) is 11.8 Å². The molecule has 3 N–H and O–H groups in total. The van der Waals surface area contributed by atoms with Crippen LogP contribution in [-0.4, -0.2) is 61.7 Å². The minimum atomic E-state index is -1.07. The largest absolute Gasteiger partial charge is 0.481 e. The van der Waals surface area contributed by atoms with Crippen LogP contribution >= 0.6 is 11.3 Å². The summed E-state index contributed by atoms with van der Waals surface area (Å²) < 4.78 is 5.37. The van der Waals surface area contributed by atoms with E-state index < -0.39 is 36.0 Å². The van der Waals surface area contributed by atoms with Gasteiger partial charge in [-0.25, -0.2) is 4.98 Å². The lowest BCUT2D eigenvalue weighted by Crippen LogP contribution is -2.49. The fourth-order valence-corrected chi connectivity index (χ4v) is 5.70. The Bertz CT molecular complexity index is 1300. The van der Waals surface area contributed by atoms with Crippen LogP contribution in [-0.2, 0) is 14.4 Å². The molecule has 1 saturated heterocycles. The van der Waals surface area contributed by atoms with Crippen molar-refractivity contribution >= 4 is 29.1 Å². The number of amides is 2. The van der Waals surface area contributed by atoms with Crippen molar-refractivity contribution in [2.45, 2.75) is 64.6 Å². The molecule has 1 aromatic carbocycles. The van der Waals surface area contributed by atoms with Gasteiger partial charge in [-0.2, -0.15) is 0 Å². The summed E-state index contributed by atoms with van der Waals surface area (Å²) in [5, 5.41) is 26.6. The predicted octanol–water partition coefficient (Wildman–Crippen LogP) is 3.45. The van der Waals surface area contributed by atoms with Crippen molar-refractivity contribution in [3.05, 3.63) is 58.6 Å². The van der Waals surface area contributed by atoms with Crippen LogP contribution in [0.3, 0.4) is 0 Å². The topological polar surface area (TPSA) is 146 Å². The Hall–Kier alpha value is -3.57. The number of aliphatic hydroxyl groups excluding tert-OH is 1. The van der Waals surface area contributed by atoms with E-state index in [1.165, 1.54) is 16.2 Å². The summed E-state index contributed by atoms with van der Waals surface area (Å²) in [6, 6.07) is 7.26. The Labute approximate surface area is 224 Å². The molecule has 202 valence electrons. The fourth-order valence-electron chi connectivity index (χ4n) is 4.89. The van der Waals surface area contributed by atoms with Crippen molar-refractivity contribution < 1.29 is 29.1 Å². The summed E-state index contributed by atoms with van der Waals surface area (Å²) in [7, 11) is 0. The average Bonchev–Trinajstić information content (AvgIpc) is 3.58. The molecule has 0 aliphatic carbocycles. The molecule has 2 unspecified atom stereocenters. The summed E-state index contributed by atoms with van der Waals surface area (Å²) in [4.78, 5) is 45.4. The maximum absolute atomic E-state index is 13.6. The number of rotatable bonds is 9. The van der Waals surface area contributed by atoms with Gasteiger partial charge >= 0.3 is 5.97 Å². The second kappa shape index (κ2) is 11.4. The van der Waals surface area contributed by atoms with Crippen molar-refractivity contribution in [3.63, 3.8) is 0 Å². The van der Waals surface area contributed by atoms with Gasteiger partial charge in [0.05, 0.1) is 40.3 Å². The third-order valence-corrected chi connectivity index (χ3v) is 7.74. The van der Waals surface area contributed by atoms with E-state index >= 15 is 0 Å². The van der Waals surface area contributed by atoms with Crippen molar-refractivity contribution in [1.82, 2.24) is 20.4 Å². The third kappa shape index (κ3) is 5.94. The van der Waals surface area contributed by atoms with Crippen LogP contribution in [0.2, 0.25) is 0 Å². The molecule has 1 aliphatic rings. The molecule has 0 saturated carbocycles. The van der Waals surface area contributed by atoms with Gasteiger partial charge in [-0.3, -0.25) is 14.4 Å². The molecule has 0 spiro atoms. The van der Waals surface area contributed by atoms with E-state index in [-0.39, 0.29) is 31.2 Å². The number of nitrogens with one attached hydrogen (secondary N) is 1. The summed E-state index contributed by atoms with van der Waals surface area (Å²) in [6.45, 7) is 7.44. The van der Waals surface area contributed by atoms with Crippen LogP contribution in [0.5, 0.6) is 0 Å². The smallest absolute Gasteiger partial charge is 0.305 e. The molecule has 0 bridgehead atoms. The number of hydrogen-bond donors (Lipinski definition) is 3. The number of thiazole rings is 1. The molecule has 2 amide bonds. The zero-order valence-corrected chi connectivity index (χ0v) is 22.6.